The molecule has 1 N–H and O–H groups in total. The largest absolute Gasteiger partial charge is 0.480 e. The standard InChI is InChI=1S/C11H7N3O3/c12-4-7-2-1-3-9-11(7)8(6-15)13-14(9)5-10(16)17/h1-3,6H,5H2,(H,16,17). The van der Waals surface area contributed by atoms with E-state index in [2.05, 4.69) is 5.10 Å². The summed E-state index contributed by atoms with van der Waals surface area (Å²) in [5.74, 6) is -1.06. The lowest BCUT2D eigenvalue weighted by Crippen LogP contribution is -2.10. The maximum atomic E-state index is 10.9. The summed E-state index contributed by atoms with van der Waals surface area (Å²) in [7, 11) is 0. The molecule has 6 nitrogen and oxygen atoms in total. The molecule has 0 aliphatic heterocycles. The van der Waals surface area contributed by atoms with Crippen molar-refractivity contribution < 1.29 is 14.7 Å². The normalized spacial score (nSPS) is 10.1. The van der Waals surface area contributed by atoms with E-state index in [4.69, 9.17) is 10.4 Å². The Morgan fingerprint density at radius 1 is 1.59 bits per heavy atom. The fraction of sp³-hybridized carbons (Fsp3) is 0.0909. The average Bonchev–Trinajstić information content (AvgIpc) is 2.67. The number of nitriles is 1. The van der Waals surface area contributed by atoms with Crippen molar-refractivity contribution in [2.45, 2.75) is 6.54 Å². The highest BCUT2D eigenvalue weighted by Gasteiger charge is 2.14. The first-order valence-electron chi connectivity index (χ1n) is 4.74. The van der Waals surface area contributed by atoms with Crippen LogP contribution in [0.4, 0.5) is 0 Å². The van der Waals surface area contributed by atoms with Gasteiger partial charge in [0.2, 0.25) is 0 Å². The first-order chi connectivity index (χ1) is 8.17. The van der Waals surface area contributed by atoms with Crippen molar-refractivity contribution in [3.8, 4) is 6.07 Å². The van der Waals surface area contributed by atoms with Crippen LogP contribution >= 0.6 is 0 Å². The molecule has 0 saturated carbocycles. The van der Waals surface area contributed by atoms with E-state index in [9.17, 15) is 9.59 Å². The van der Waals surface area contributed by atoms with Crippen molar-refractivity contribution in [3.05, 3.63) is 29.5 Å². The number of carbonyl (C=O) groups is 2. The summed E-state index contributed by atoms with van der Waals surface area (Å²) in [5.41, 5.74) is 0.855. The number of aldehydes is 1. The Hall–Kier alpha value is -2.68. The van der Waals surface area contributed by atoms with E-state index >= 15 is 0 Å². The van der Waals surface area contributed by atoms with Crippen molar-refractivity contribution >= 4 is 23.2 Å². The molecular weight excluding hydrogens is 222 g/mol. The fourth-order valence-electron chi connectivity index (χ4n) is 1.68. The fourth-order valence-corrected chi connectivity index (χ4v) is 1.68. The van der Waals surface area contributed by atoms with E-state index in [1.807, 2.05) is 6.07 Å². The molecule has 0 aliphatic carbocycles. The van der Waals surface area contributed by atoms with Gasteiger partial charge in [-0.05, 0) is 12.1 Å². The second-order valence-corrected chi connectivity index (χ2v) is 3.37. The number of carboxylic acids is 1. The molecule has 0 aliphatic rings. The molecular formula is C11H7N3O3. The quantitative estimate of drug-likeness (QED) is 0.785. The van der Waals surface area contributed by atoms with E-state index in [1.54, 1.807) is 18.2 Å². The zero-order valence-electron chi connectivity index (χ0n) is 8.62. The third-order valence-electron chi connectivity index (χ3n) is 2.32. The van der Waals surface area contributed by atoms with Crippen molar-refractivity contribution in [1.82, 2.24) is 9.78 Å². The molecule has 1 aromatic heterocycles. The Labute approximate surface area is 95.7 Å². The number of fused-ring (bicyclic) bond motifs is 1. The predicted octanol–water partition coefficient (Wildman–Crippen LogP) is 0.805. The first kappa shape index (κ1) is 10.8. The second-order valence-electron chi connectivity index (χ2n) is 3.37. The van der Waals surface area contributed by atoms with Gasteiger partial charge in [0, 0.05) is 5.39 Å². The lowest BCUT2D eigenvalue weighted by molar-refractivity contribution is -0.137. The van der Waals surface area contributed by atoms with Gasteiger partial charge in [-0.2, -0.15) is 10.4 Å². The van der Waals surface area contributed by atoms with Crippen LogP contribution in [0.5, 0.6) is 0 Å². The van der Waals surface area contributed by atoms with Gasteiger partial charge in [-0.25, -0.2) is 0 Å². The number of carboxylic acid groups (broad SMARTS) is 1. The van der Waals surface area contributed by atoms with Gasteiger partial charge in [-0.3, -0.25) is 14.3 Å². The van der Waals surface area contributed by atoms with Crippen molar-refractivity contribution in [2.75, 3.05) is 0 Å². The topological polar surface area (TPSA) is 96.0 Å². The second kappa shape index (κ2) is 4.06. The third kappa shape index (κ3) is 1.74. The van der Waals surface area contributed by atoms with Crippen molar-refractivity contribution in [1.29, 1.82) is 5.26 Å². The predicted molar refractivity (Wildman–Crippen MR) is 57.5 cm³/mol. The Morgan fingerprint density at radius 3 is 2.94 bits per heavy atom. The van der Waals surface area contributed by atoms with Crippen LogP contribution < -0.4 is 0 Å². The molecule has 0 fully saturated rings. The monoisotopic (exact) mass is 229 g/mol. The minimum Gasteiger partial charge on any atom is -0.480 e. The van der Waals surface area contributed by atoms with Gasteiger partial charge >= 0.3 is 5.97 Å². The Balaban J connectivity index is 2.77. The molecule has 0 radical (unpaired) electrons. The molecule has 0 amide bonds. The maximum absolute atomic E-state index is 10.9. The van der Waals surface area contributed by atoms with Crippen LogP contribution in [0.3, 0.4) is 0 Å². The highest BCUT2D eigenvalue weighted by Crippen LogP contribution is 2.21. The summed E-state index contributed by atoms with van der Waals surface area (Å²) >= 11 is 0. The van der Waals surface area contributed by atoms with Crippen molar-refractivity contribution in [2.24, 2.45) is 0 Å². The number of hydrogen-bond donors (Lipinski definition) is 1. The summed E-state index contributed by atoms with van der Waals surface area (Å²) in [6, 6.07) is 6.75. The number of benzene rings is 1. The lowest BCUT2D eigenvalue weighted by atomic mass is 10.1. The van der Waals surface area contributed by atoms with E-state index in [0.29, 0.717) is 22.8 Å². The summed E-state index contributed by atoms with van der Waals surface area (Å²) in [4.78, 5) is 21.5. The molecule has 0 unspecified atom stereocenters. The number of aliphatic carboxylic acids is 1. The molecule has 2 aromatic rings. The van der Waals surface area contributed by atoms with E-state index in [1.165, 1.54) is 4.68 Å². The van der Waals surface area contributed by atoms with Crippen LogP contribution in [-0.2, 0) is 11.3 Å². The van der Waals surface area contributed by atoms with Gasteiger partial charge in [0.25, 0.3) is 0 Å². The number of nitrogens with zero attached hydrogens (tertiary/aromatic N) is 3. The molecule has 84 valence electrons. The van der Waals surface area contributed by atoms with Gasteiger partial charge in [0.15, 0.2) is 6.29 Å². The van der Waals surface area contributed by atoms with Crippen LogP contribution in [0.25, 0.3) is 10.9 Å². The molecule has 0 spiro atoms. The van der Waals surface area contributed by atoms with E-state index in [-0.39, 0.29) is 12.2 Å². The highest BCUT2D eigenvalue weighted by atomic mass is 16.4. The summed E-state index contributed by atoms with van der Waals surface area (Å²) in [6.45, 7) is -0.348. The van der Waals surface area contributed by atoms with Gasteiger partial charge < -0.3 is 5.11 Å². The third-order valence-corrected chi connectivity index (χ3v) is 2.32. The van der Waals surface area contributed by atoms with Crippen LogP contribution in [-0.4, -0.2) is 27.1 Å². The van der Waals surface area contributed by atoms with E-state index in [0.717, 1.165) is 0 Å². The summed E-state index contributed by atoms with van der Waals surface area (Å²) in [5, 5.41) is 21.9. The number of hydrogen-bond acceptors (Lipinski definition) is 4. The minimum absolute atomic E-state index is 0.0819. The SMILES string of the molecule is N#Cc1cccc2c1c(C=O)nn2CC(=O)O. The van der Waals surface area contributed by atoms with Gasteiger partial charge in [0.05, 0.1) is 17.1 Å². The highest BCUT2D eigenvalue weighted by molar-refractivity contribution is 5.98. The number of aromatic nitrogens is 2. The Bertz CT molecular complexity index is 652. The van der Waals surface area contributed by atoms with E-state index < -0.39 is 5.97 Å². The number of carbonyl (C=O) groups excluding carboxylic acids is 1. The zero-order valence-corrected chi connectivity index (χ0v) is 8.62. The summed E-state index contributed by atoms with van der Waals surface area (Å²) in [6.07, 6.45) is 0.515. The molecule has 6 heteroatoms. The first-order valence-corrected chi connectivity index (χ1v) is 4.74. The maximum Gasteiger partial charge on any atom is 0.325 e. The van der Waals surface area contributed by atoms with Crippen molar-refractivity contribution in [3.63, 3.8) is 0 Å². The lowest BCUT2D eigenvalue weighted by Gasteiger charge is -1.98. The Morgan fingerprint density at radius 2 is 2.35 bits per heavy atom. The molecule has 2 rings (SSSR count). The van der Waals surface area contributed by atoms with Gasteiger partial charge in [-0.15, -0.1) is 0 Å². The van der Waals surface area contributed by atoms with Crippen LogP contribution in [0.1, 0.15) is 16.1 Å². The molecule has 0 atom stereocenters. The van der Waals surface area contributed by atoms with Crippen LogP contribution in [0.2, 0.25) is 0 Å². The van der Waals surface area contributed by atoms with Crippen LogP contribution in [0.15, 0.2) is 18.2 Å². The van der Waals surface area contributed by atoms with Crippen LogP contribution in [0, 0.1) is 11.3 Å². The molecule has 1 heterocycles. The smallest absolute Gasteiger partial charge is 0.325 e. The number of rotatable bonds is 3. The van der Waals surface area contributed by atoms with Gasteiger partial charge in [-0.1, -0.05) is 6.07 Å². The zero-order chi connectivity index (χ0) is 12.4. The summed E-state index contributed by atoms with van der Waals surface area (Å²) < 4.78 is 1.20. The van der Waals surface area contributed by atoms with Gasteiger partial charge in [0.1, 0.15) is 12.2 Å². The molecule has 17 heavy (non-hydrogen) atoms. The molecule has 1 aromatic carbocycles. The average molecular weight is 229 g/mol. The Kier molecular flexibility index (Phi) is 2.58. The molecule has 0 saturated heterocycles. The minimum atomic E-state index is -1.06. The molecule has 0 bridgehead atoms.